The molecular formula is C26H35ClN2O3. The maximum absolute atomic E-state index is 13.3. The number of carbonyl (C=O) groups is 2. The van der Waals surface area contributed by atoms with Gasteiger partial charge in [0.2, 0.25) is 5.91 Å². The minimum absolute atomic E-state index is 0.134. The van der Waals surface area contributed by atoms with Gasteiger partial charge in [-0.3, -0.25) is 9.59 Å². The van der Waals surface area contributed by atoms with Crippen molar-refractivity contribution >= 4 is 23.4 Å². The summed E-state index contributed by atoms with van der Waals surface area (Å²) in [6.07, 6.45) is 0.506. The molecule has 0 bridgehead atoms. The molecule has 2 rings (SSSR count). The fourth-order valence-corrected chi connectivity index (χ4v) is 3.63. The Bertz CT molecular complexity index is 925. The van der Waals surface area contributed by atoms with Gasteiger partial charge in [-0.15, -0.1) is 0 Å². The van der Waals surface area contributed by atoms with E-state index in [1.165, 1.54) is 0 Å². The number of nitrogens with one attached hydrogen (secondary N) is 1. The van der Waals surface area contributed by atoms with Crippen molar-refractivity contribution in [1.82, 2.24) is 10.2 Å². The van der Waals surface area contributed by atoms with Gasteiger partial charge in [0.1, 0.15) is 11.8 Å². The molecule has 1 unspecified atom stereocenters. The Morgan fingerprint density at radius 3 is 2.34 bits per heavy atom. The fourth-order valence-electron chi connectivity index (χ4n) is 3.50. The van der Waals surface area contributed by atoms with E-state index in [2.05, 4.69) is 11.4 Å². The molecule has 0 aliphatic heterocycles. The van der Waals surface area contributed by atoms with E-state index in [4.69, 9.17) is 16.3 Å². The van der Waals surface area contributed by atoms with Crippen LogP contribution in [0.25, 0.3) is 0 Å². The molecule has 0 fully saturated rings. The van der Waals surface area contributed by atoms with Crippen molar-refractivity contribution in [3.63, 3.8) is 0 Å². The van der Waals surface area contributed by atoms with E-state index in [1.54, 1.807) is 17.0 Å². The van der Waals surface area contributed by atoms with Gasteiger partial charge in [-0.05, 0) is 73.6 Å². The van der Waals surface area contributed by atoms with E-state index in [-0.39, 0.29) is 18.4 Å². The lowest BCUT2D eigenvalue weighted by atomic mass is 10.1. The zero-order valence-corrected chi connectivity index (χ0v) is 20.8. The molecule has 0 spiro atoms. The predicted molar refractivity (Wildman–Crippen MR) is 130 cm³/mol. The van der Waals surface area contributed by atoms with Crippen LogP contribution in [0.2, 0.25) is 5.02 Å². The molecule has 0 aliphatic rings. The number of ether oxygens (including phenoxy) is 1. The minimum atomic E-state index is -0.583. The monoisotopic (exact) mass is 458 g/mol. The number of carbonyl (C=O) groups excluding carboxylic acids is 2. The first-order valence-corrected chi connectivity index (χ1v) is 11.5. The summed E-state index contributed by atoms with van der Waals surface area (Å²) in [7, 11) is 0. The summed E-state index contributed by atoms with van der Waals surface area (Å²) in [6.45, 7) is 12.7. The molecule has 2 amide bonds. The van der Waals surface area contributed by atoms with E-state index in [9.17, 15) is 9.59 Å². The van der Waals surface area contributed by atoms with Crippen molar-refractivity contribution in [2.24, 2.45) is 5.92 Å². The van der Waals surface area contributed by atoms with Crippen LogP contribution in [0.4, 0.5) is 0 Å². The lowest BCUT2D eigenvalue weighted by molar-refractivity contribution is -0.143. The van der Waals surface area contributed by atoms with Gasteiger partial charge in [0.25, 0.3) is 5.91 Å². The third-order valence-electron chi connectivity index (χ3n) is 5.45. The third-order valence-corrected chi connectivity index (χ3v) is 5.70. The molecule has 0 saturated carbocycles. The second-order valence-electron chi connectivity index (χ2n) is 8.70. The summed E-state index contributed by atoms with van der Waals surface area (Å²) < 4.78 is 5.93. The van der Waals surface area contributed by atoms with Gasteiger partial charge in [0.05, 0.1) is 0 Å². The molecular weight excluding hydrogens is 424 g/mol. The molecule has 6 heteroatoms. The number of halogens is 1. The van der Waals surface area contributed by atoms with Gasteiger partial charge in [0.15, 0.2) is 6.61 Å². The SMILES string of the molecule is CCC(C(=O)NCC(C)C)N(Cc1ccc(Cl)cc1)C(=O)COc1cc(C)cc(C)c1C. The van der Waals surface area contributed by atoms with Crippen molar-refractivity contribution in [2.75, 3.05) is 13.2 Å². The Hall–Kier alpha value is -2.53. The zero-order valence-electron chi connectivity index (χ0n) is 20.0. The highest BCUT2D eigenvalue weighted by Gasteiger charge is 2.29. The highest BCUT2D eigenvalue weighted by molar-refractivity contribution is 6.30. The van der Waals surface area contributed by atoms with Crippen LogP contribution in [0.3, 0.4) is 0 Å². The first-order valence-electron chi connectivity index (χ1n) is 11.1. The van der Waals surface area contributed by atoms with Crippen molar-refractivity contribution in [1.29, 1.82) is 0 Å². The van der Waals surface area contributed by atoms with Gasteiger partial charge in [-0.25, -0.2) is 0 Å². The molecule has 0 heterocycles. The van der Waals surface area contributed by atoms with Crippen LogP contribution in [0.5, 0.6) is 5.75 Å². The number of benzene rings is 2. The van der Waals surface area contributed by atoms with Gasteiger partial charge >= 0.3 is 0 Å². The predicted octanol–water partition coefficient (Wildman–Crippen LogP) is 5.22. The summed E-state index contributed by atoms with van der Waals surface area (Å²) >= 11 is 6.02. The van der Waals surface area contributed by atoms with Gasteiger partial charge < -0.3 is 15.0 Å². The minimum Gasteiger partial charge on any atom is -0.483 e. The van der Waals surface area contributed by atoms with Crippen molar-refractivity contribution in [3.05, 3.63) is 63.7 Å². The molecule has 0 saturated heterocycles. The molecule has 174 valence electrons. The Labute approximate surface area is 197 Å². The standard InChI is InChI=1S/C26H35ClN2O3/c1-7-23(26(31)28-14-17(2)3)29(15-21-8-10-22(27)11-9-21)25(30)16-32-24-13-18(4)12-19(5)20(24)6/h8-13,17,23H,7,14-16H2,1-6H3,(H,28,31). The average molecular weight is 459 g/mol. The van der Waals surface area contributed by atoms with Crippen LogP contribution in [0, 0.1) is 26.7 Å². The van der Waals surface area contributed by atoms with Gasteiger partial charge in [0, 0.05) is 18.1 Å². The maximum atomic E-state index is 13.3. The first-order chi connectivity index (χ1) is 15.1. The molecule has 2 aromatic rings. The molecule has 32 heavy (non-hydrogen) atoms. The summed E-state index contributed by atoms with van der Waals surface area (Å²) in [5, 5.41) is 3.59. The van der Waals surface area contributed by atoms with E-state index in [0.717, 1.165) is 22.3 Å². The Morgan fingerprint density at radius 1 is 1.09 bits per heavy atom. The molecule has 2 aromatic carbocycles. The Kier molecular flexibility index (Phi) is 9.58. The Balaban J connectivity index is 2.24. The molecule has 1 N–H and O–H groups in total. The smallest absolute Gasteiger partial charge is 0.261 e. The van der Waals surface area contributed by atoms with Crippen LogP contribution in [0.1, 0.15) is 49.4 Å². The lowest BCUT2D eigenvalue weighted by Crippen LogP contribution is -2.50. The van der Waals surface area contributed by atoms with E-state index < -0.39 is 6.04 Å². The fraction of sp³-hybridized carbons (Fsp3) is 0.462. The van der Waals surface area contributed by atoms with Crippen LogP contribution in [0.15, 0.2) is 36.4 Å². The maximum Gasteiger partial charge on any atom is 0.261 e. The summed E-state index contributed by atoms with van der Waals surface area (Å²) in [6, 6.07) is 10.8. The first kappa shape index (κ1) is 25.7. The topological polar surface area (TPSA) is 58.6 Å². The molecule has 1 atom stereocenters. The second kappa shape index (κ2) is 11.9. The normalized spacial score (nSPS) is 11.9. The van der Waals surface area contributed by atoms with Gasteiger partial charge in [-0.2, -0.15) is 0 Å². The van der Waals surface area contributed by atoms with Crippen LogP contribution >= 0.6 is 11.6 Å². The van der Waals surface area contributed by atoms with E-state index >= 15 is 0 Å². The number of hydrogen-bond acceptors (Lipinski definition) is 3. The van der Waals surface area contributed by atoms with Crippen molar-refractivity contribution in [3.8, 4) is 5.75 Å². The van der Waals surface area contributed by atoms with Crippen molar-refractivity contribution < 1.29 is 14.3 Å². The number of nitrogens with zero attached hydrogens (tertiary/aromatic N) is 1. The summed E-state index contributed by atoms with van der Waals surface area (Å²) in [4.78, 5) is 27.8. The van der Waals surface area contributed by atoms with E-state index in [0.29, 0.717) is 36.2 Å². The number of rotatable bonds is 10. The summed E-state index contributed by atoms with van der Waals surface area (Å²) in [5.74, 6) is 0.642. The second-order valence-corrected chi connectivity index (χ2v) is 9.14. The van der Waals surface area contributed by atoms with Crippen LogP contribution in [-0.2, 0) is 16.1 Å². The van der Waals surface area contributed by atoms with E-state index in [1.807, 2.05) is 59.7 Å². The molecule has 0 radical (unpaired) electrons. The largest absolute Gasteiger partial charge is 0.483 e. The number of hydrogen-bond donors (Lipinski definition) is 1. The molecule has 5 nitrogen and oxygen atoms in total. The highest BCUT2D eigenvalue weighted by atomic mass is 35.5. The summed E-state index contributed by atoms with van der Waals surface area (Å²) in [5.41, 5.74) is 4.10. The van der Waals surface area contributed by atoms with Crippen LogP contribution in [-0.4, -0.2) is 35.9 Å². The van der Waals surface area contributed by atoms with Crippen LogP contribution < -0.4 is 10.1 Å². The number of amides is 2. The zero-order chi connectivity index (χ0) is 23.8. The third kappa shape index (κ3) is 7.27. The number of aryl methyl sites for hydroxylation is 2. The quantitative estimate of drug-likeness (QED) is 0.530. The van der Waals surface area contributed by atoms with Crippen molar-refractivity contribution in [2.45, 2.75) is 60.5 Å². The Morgan fingerprint density at radius 2 is 1.75 bits per heavy atom. The molecule has 0 aromatic heterocycles. The lowest BCUT2D eigenvalue weighted by Gasteiger charge is -2.31. The highest BCUT2D eigenvalue weighted by Crippen LogP contribution is 2.24. The average Bonchev–Trinajstić information content (AvgIpc) is 2.74. The molecule has 0 aliphatic carbocycles. The van der Waals surface area contributed by atoms with Gasteiger partial charge in [-0.1, -0.05) is 50.6 Å².